The van der Waals surface area contributed by atoms with Crippen molar-refractivity contribution >= 4 is 17.3 Å². The molecule has 2 heterocycles. The van der Waals surface area contributed by atoms with Crippen molar-refractivity contribution in [3.63, 3.8) is 0 Å². The molecule has 0 unspecified atom stereocenters. The molecule has 1 saturated heterocycles. The molecule has 2 aromatic rings. The minimum atomic E-state index is 0.768. The van der Waals surface area contributed by atoms with Crippen LogP contribution >= 0.6 is 0 Å². The minimum Gasteiger partial charge on any atom is -0.495 e. The van der Waals surface area contributed by atoms with Crippen LogP contribution in [0.4, 0.5) is 17.3 Å². The standard InChI is InChI=1S/C19H27N5O/c1-5-23-8-10-24(11-9-23)19-13-18(20-15(3)21-19)22-16-12-14(2)6-7-17(16)25-4/h6-7,12-13H,5,8-11H2,1-4H3,(H,20,21,22). The first kappa shape index (κ1) is 17.5. The molecule has 1 N–H and O–H groups in total. The number of hydrogen-bond donors (Lipinski definition) is 1. The van der Waals surface area contributed by atoms with Crippen molar-refractivity contribution in [3.8, 4) is 5.75 Å². The summed E-state index contributed by atoms with van der Waals surface area (Å²) < 4.78 is 5.45. The molecule has 0 aliphatic carbocycles. The number of aromatic nitrogens is 2. The fourth-order valence-electron chi connectivity index (χ4n) is 3.13. The third kappa shape index (κ3) is 4.20. The highest BCUT2D eigenvalue weighted by Gasteiger charge is 2.18. The van der Waals surface area contributed by atoms with Gasteiger partial charge in [0.2, 0.25) is 0 Å². The Labute approximate surface area is 149 Å². The van der Waals surface area contributed by atoms with Gasteiger partial charge in [-0.1, -0.05) is 13.0 Å². The smallest absolute Gasteiger partial charge is 0.142 e. The van der Waals surface area contributed by atoms with Crippen LogP contribution in [0, 0.1) is 13.8 Å². The van der Waals surface area contributed by atoms with Crippen molar-refractivity contribution in [2.45, 2.75) is 20.8 Å². The number of likely N-dealkylation sites (N-methyl/N-ethyl adjacent to an activating group) is 1. The van der Waals surface area contributed by atoms with E-state index in [2.05, 4.69) is 45.0 Å². The largest absolute Gasteiger partial charge is 0.495 e. The first-order valence-electron chi connectivity index (χ1n) is 8.83. The lowest BCUT2D eigenvalue weighted by Gasteiger charge is -2.34. The molecule has 3 rings (SSSR count). The first-order valence-corrected chi connectivity index (χ1v) is 8.83. The molecular formula is C19H27N5O. The van der Waals surface area contributed by atoms with Crippen LogP contribution in [-0.4, -0.2) is 54.7 Å². The molecule has 1 aromatic heterocycles. The molecule has 1 aliphatic rings. The molecule has 1 fully saturated rings. The summed E-state index contributed by atoms with van der Waals surface area (Å²) in [6, 6.07) is 8.09. The van der Waals surface area contributed by atoms with Gasteiger partial charge in [-0.25, -0.2) is 9.97 Å². The lowest BCUT2D eigenvalue weighted by atomic mass is 10.2. The zero-order valence-corrected chi connectivity index (χ0v) is 15.5. The van der Waals surface area contributed by atoms with E-state index in [1.165, 1.54) is 5.56 Å². The molecule has 6 heteroatoms. The maximum absolute atomic E-state index is 5.45. The van der Waals surface area contributed by atoms with Crippen LogP contribution < -0.4 is 15.0 Å². The molecule has 1 aromatic carbocycles. The van der Waals surface area contributed by atoms with Crippen molar-refractivity contribution in [2.75, 3.05) is 50.1 Å². The normalized spacial score (nSPS) is 15.3. The van der Waals surface area contributed by atoms with Gasteiger partial charge in [0.05, 0.1) is 12.8 Å². The van der Waals surface area contributed by atoms with Gasteiger partial charge in [-0.15, -0.1) is 0 Å². The Kier molecular flexibility index (Phi) is 5.38. The van der Waals surface area contributed by atoms with Crippen LogP contribution in [0.3, 0.4) is 0 Å². The predicted molar refractivity (Wildman–Crippen MR) is 102 cm³/mol. The molecule has 25 heavy (non-hydrogen) atoms. The molecule has 0 spiro atoms. The van der Waals surface area contributed by atoms with Crippen LogP contribution in [0.25, 0.3) is 0 Å². The Morgan fingerprint density at radius 2 is 1.84 bits per heavy atom. The van der Waals surface area contributed by atoms with E-state index in [1.54, 1.807) is 7.11 Å². The van der Waals surface area contributed by atoms with Crippen LogP contribution in [0.5, 0.6) is 5.75 Å². The number of ether oxygens (including phenoxy) is 1. The quantitative estimate of drug-likeness (QED) is 0.902. The van der Waals surface area contributed by atoms with Crippen LogP contribution in [-0.2, 0) is 0 Å². The zero-order valence-electron chi connectivity index (χ0n) is 15.5. The Bertz CT molecular complexity index is 726. The van der Waals surface area contributed by atoms with E-state index in [4.69, 9.17) is 4.74 Å². The topological polar surface area (TPSA) is 53.5 Å². The van der Waals surface area contributed by atoms with Gasteiger partial charge in [0, 0.05) is 32.2 Å². The van der Waals surface area contributed by atoms with E-state index >= 15 is 0 Å². The van der Waals surface area contributed by atoms with Crippen molar-refractivity contribution < 1.29 is 4.74 Å². The van der Waals surface area contributed by atoms with Crippen molar-refractivity contribution in [1.82, 2.24) is 14.9 Å². The highest BCUT2D eigenvalue weighted by molar-refractivity contribution is 5.66. The second-order valence-corrected chi connectivity index (χ2v) is 6.41. The van der Waals surface area contributed by atoms with E-state index in [1.807, 2.05) is 25.1 Å². The van der Waals surface area contributed by atoms with Gasteiger partial charge in [-0.05, 0) is 38.1 Å². The third-order valence-electron chi connectivity index (χ3n) is 4.59. The first-order chi connectivity index (χ1) is 12.1. The molecule has 0 radical (unpaired) electrons. The molecule has 6 nitrogen and oxygen atoms in total. The SMILES string of the molecule is CCN1CCN(c2cc(Nc3cc(C)ccc3OC)nc(C)n2)CC1. The summed E-state index contributed by atoms with van der Waals surface area (Å²) >= 11 is 0. The van der Waals surface area contributed by atoms with E-state index in [0.717, 1.165) is 61.6 Å². The minimum absolute atomic E-state index is 0.768. The number of methoxy groups -OCH3 is 1. The fourth-order valence-corrected chi connectivity index (χ4v) is 3.13. The molecule has 0 bridgehead atoms. The summed E-state index contributed by atoms with van der Waals surface area (Å²) in [7, 11) is 1.68. The summed E-state index contributed by atoms with van der Waals surface area (Å²) in [5.41, 5.74) is 2.09. The molecule has 0 saturated carbocycles. The van der Waals surface area contributed by atoms with E-state index in [9.17, 15) is 0 Å². The number of piperazine rings is 1. The average molecular weight is 341 g/mol. The monoisotopic (exact) mass is 341 g/mol. The number of benzene rings is 1. The molecule has 134 valence electrons. The van der Waals surface area contributed by atoms with Crippen LogP contribution in [0.1, 0.15) is 18.3 Å². The maximum atomic E-state index is 5.45. The summed E-state index contributed by atoms with van der Waals surface area (Å²) in [6.45, 7) is 11.5. The number of nitrogens with zero attached hydrogens (tertiary/aromatic N) is 4. The number of rotatable bonds is 5. The van der Waals surface area contributed by atoms with Crippen LogP contribution in [0.15, 0.2) is 24.3 Å². The Morgan fingerprint density at radius 3 is 2.52 bits per heavy atom. The molecule has 1 aliphatic heterocycles. The van der Waals surface area contributed by atoms with E-state index in [0.29, 0.717) is 0 Å². The Balaban J connectivity index is 1.82. The summed E-state index contributed by atoms with van der Waals surface area (Å²) in [5.74, 6) is 3.35. The van der Waals surface area contributed by atoms with Gasteiger partial charge in [0.25, 0.3) is 0 Å². The van der Waals surface area contributed by atoms with Gasteiger partial charge in [0.15, 0.2) is 0 Å². The molecule has 0 amide bonds. The number of hydrogen-bond acceptors (Lipinski definition) is 6. The summed E-state index contributed by atoms with van der Waals surface area (Å²) in [4.78, 5) is 14.0. The highest BCUT2D eigenvalue weighted by atomic mass is 16.5. The number of nitrogens with one attached hydrogen (secondary N) is 1. The number of aryl methyl sites for hydroxylation is 2. The van der Waals surface area contributed by atoms with Crippen molar-refractivity contribution in [1.29, 1.82) is 0 Å². The summed E-state index contributed by atoms with van der Waals surface area (Å²) in [5, 5.41) is 3.39. The van der Waals surface area contributed by atoms with E-state index < -0.39 is 0 Å². The fraction of sp³-hybridized carbons (Fsp3) is 0.474. The van der Waals surface area contributed by atoms with Crippen molar-refractivity contribution in [2.24, 2.45) is 0 Å². The summed E-state index contributed by atoms with van der Waals surface area (Å²) in [6.07, 6.45) is 0. The average Bonchev–Trinajstić information content (AvgIpc) is 2.61. The van der Waals surface area contributed by atoms with Gasteiger partial charge in [-0.3, -0.25) is 0 Å². The third-order valence-corrected chi connectivity index (χ3v) is 4.59. The van der Waals surface area contributed by atoms with E-state index in [-0.39, 0.29) is 0 Å². The Morgan fingerprint density at radius 1 is 1.08 bits per heavy atom. The number of anilines is 3. The molecular weight excluding hydrogens is 314 g/mol. The second kappa shape index (κ2) is 7.70. The van der Waals surface area contributed by atoms with Gasteiger partial charge < -0.3 is 19.9 Å². The molecule has 0 atom stereocenters. The lowest BCUT2D eigenvalue weighted by molar-refractivity contribution is 0.270. The lowest BCUT2D eigenvalue weighted by Crippen LogP contribution is -2.46. The van der Waals surface area contributed by atoms with Gasteiger partial charge in [-0.2, -0.15) is 0 Å². The second-order valence-electron chi connectivity index (χ2n) is 6.41. The zero-order chi connectivity index (χ0) is 17.8. The van der Waals surface area contributed by atoms with Crippen molar-refractivity contribution in [3.05, 3.63) is 35.7 Å². The maximum Gasteiger partial charge on any atom is 0.142 e. The van der Waals surface area contributed by atoms with Gasteiger partial charge in [0.1, 0.15) is 23.2 Å². The van der Waals surface area contributed by atoms with Crippen LogP contribution in [0.2, 0.25) is 0 Å². The Hall–Kier alpha value is -2.34. The highest BCUT2D eigenvalue weighted by Crippen LogP contribution is 2.29. The van der Waals surface area contributed by atoms with Gasteiger partial charge >= 0.3 is 0 Å². The predicted octanol–water partition coefficient (Wildman–Crippen LogP) is 2.99.